The number of nitriles is 1. The lowest BCUT2D eigenvalue weighted by Gasteiger charge is -2.08. The van der Waals surface area contributed by atoms with Crippen molar-refractivity contribution in [3.63, 3.8) is 0 Å². The molecule has 0 saturated heterocycles. The molecule has 1 aromatic carbocycles. The fraction of sp³-hybridized carbons (Fsp3) is 0.250. The van der Waals surface area contributed by atoms with Crippen molar-refractivity contribution in [2.45, 2.75) is 13.8 Å². The van der Waals surface area contributed by atoms with Crippen molar-refractivity contribution in [1.29, 1.82) is 5.26 Å². The van der Waals surface area contributed by atoms with Gasteiger partial charge in [-0.15, -0.1) is 0 Å². The Hall–Kier alpha value is -2.15. The van der Waals surface area contributed by atoms with E-state index in [0.717, 1.165) is 0 Å². The van der Waals surface area contributed by atoms with Gasteiger partial charge in [-0.2, -0.15) is 5.26 Å². The highest BCUT2D eigenvalue weighted by Crippen LogP contribution is 2.18. The molecule has 16 heavy (non-hydrogen) atoms. The normalized spacial score (nSPS) is 9.31. The minimum absolute atomic E-state index is 0.0550. The molecule has 0 aromatic heterocycles. The van der Waals surface area contributed by atoms with E-state index in [0.29, 0.717) is 11.8 Å². The fourth-order valence-corrected chi connectivity index (χ4v) is 1.39. The number of rotatable bonds is 3. The first-order valence-electron chi connectivity index (χ1n) is 4.81. The van der Waals surface area contributed by atoms with E-state index >= 15 is 0 Å². The topological polar surface area (TPSA) is 67.2 Å². The Bertz CT molecular complexity index is 472. The zero-order valence-electron chi connectivity index (χ0n) is 9.11. The molecular formula is C12H11NO3. The Morgan fingerprint density at radius 2 is 2.25 bits per heavy atom. The Kier molecular flexibility index (Phi) is 3.78. The number of carbonyl (C=O) groups is 2. The van der Waals surface area contributed by atoms with Crippen molar-refractivity contribution in [1.82, 2.24) is 0 Å². The van der Waals surface area contributed by atoms with Crippen LogP contribution in [0, 0.1) is 18.3 Å². The number of hydrogen-bond acceptors (Lipinski definition) is 4. The van der Waals surface area contributed by atoms with E-state index in [1.165, 1.54) is 6.07 Å². The molecule has 0 aliphatic carbocycles. The van der Waals surface area contributed by atoms with Gasteiger partial charge in [-0.05, 0) is 19.4 Å². The monoisotopic (exact) mass is 217 g/mol. The van der Waals surface area contributed by atoms with Gasteiger partial charge in [0.15, 0.2) is 6.29 Å². The molecule has 0 fully saturated rings. The van der Waals surface area contributed by atoms with Crippen LogP contribution < -0.4 is 0 Å². The summed E-state index contributed by atoms with van der Waals surface area (Å²) in [5.74, 6) is -0.634. The molecule has 0 N–H and O–H groups in total. The molecule has 1 rings (SSSR count). The van der Waals surface area contributed by atoms with Crippen molar-refractivity contribution in [3.8, 4) is 6.07 Å². The summed E-state index contributed by atoms with van der Waals surface area (Å²) in [5.41, 5.74) is 1.08. The quantitative estimate of drug-likeness (QED) is 0.572. The maximum atomic E-state index is 11.6. The van der Waals surface area contributed by atoms with Gasteiger partial charge in [0.1, 0.15) is 6.07 Å². The van der Waals surface area contributed by atoms with Gasteiger partial charge in [-0.3, -0.25) is 4.79 Å². The second-order valence-corrected chi connectivity index (χ2v) is 3.17. The molecule has 0 bridgehead atoms. The predicted molar refractivity (Wildman–Crippen MR) is 57.2 cm³/mol. The minimum atomic E-state index is -0.634. The average molecular weight is 217 g/mol. The number of esters is 1. The SMILES string of the molecule is CCOC(=O)c1c(C=O)ccc(C)c1C#N. The highest BCUT2D eigenvalue weighted by atomic mass is 16.5. The lowest BCUT2D eigenvalue weighted by atomic mass is 9.98. The van der Waals surface area contributed by atoms with Crippen LogP contribution in [0.1, 0.15) is 38.8 Å². The maximum absolute atomic E-state index is 11.6. The van der Waals surface area contributed by atoms with Crippen LogP contribution in [-0.4, -0.2) is 18.9 Å². The number of ether oxygens (including phenoxy) is 1. The van der Waals surface area contributed by atoms with Gasteiger partial charge >= 0.3 is 5.97 Å². The van der Waals surface area contributed by atoms with E-state index in [9.17, 15) is 9.59 Å². The van der Waals surface area contributed by atoms with E-state index < -0.39 is 5.97 Å². The molecule has 0 radical (unpaired) electrons. The highest BCUT2D eigenvalue weighted by Gasteiger charge is 2.18. The van der Waals surface area contributed by atoms with Crippen LogP contribution in [0.3, 0.4) is 0 Å². The molecule has 82 valence electrons. The van der Waals surface area contributed by atoms with Crippen LogP contribution in [0.4, 0.5) is 0 Å². The van der Waals surface area contributed by atoms with Crippen LogP contribution in [0.2, 0.25) is 0 Å². The lowest BCUT2D eigenvalue weighted by molar-refractivity contribution is 0.0523. The third-order valence-electron chi connectivity index (χ3n) is 2.16. The summed E-state index contributed by atoms with van der Waals surface area (Å²) >= 11 is 0. The maximum Gasteiger partial charge on any atom is 0.340 e. The second-order valence-electron chi connectivity index (χ2n) is 3.17. The predicted octanol–water partition coefficient (Wildman–Crippen LogP) is 1.86. The molecule has 0 spiro atoms. The van der Waals surface area contributed by atoms with Gasteiger partial charge in [0.05, 0.1) is 17.7 Å². The first-order valence-corrected chi connectivity index (χ1v) is 4.81. The molecule has 0 unspecified atom stereocenters. The molecule has 0 heterocycles. The molecule has 0 atom stereocenters. The van der Waals surface area contributed by atoms with Gasteiger partial charge in [-0.25, -0.2) is 4.79 Å². The fourth-order valence-electron chi connectivity index (χ4n) is 1.39. The summed E-state index contributed by atoms with van der Waals surface area (Å²) in [7, 11) is 0. The van der Waals surface area contributed by atoms with E-state index in [1.54, 1.807) is 19.9 Å². The van der Waals surface area contributed by atoms with Gasteiger partial charge in [0, 0.05) is 5.56 Å². The summed E-state index contributed by atoms with van der Waals surface area (Å²) in [6, 6.07) is 5.06. The molecule has 0 saturated carbocycles. The van der Waals surface area contributed by atoms with Crippen molar-refractivity contribution in [2.24, 2.45) is 0 Å². The zero-order valence-corrected chi connectivity index (χ0v) is 9.11. The molecule has 4 heteroatoms. The van der Waals surface area contributed by atoms with Crippen molar-refractivity contribution in [2.75, 3.05) is 6.61 Å². The Balaban J connectivity index is 3.43. The van der Waals surface area contributed by atoms with E-state index in [2.05, 4.69) is 0 Å². The Morgan fingerprint density at radius 1 is 1.56 bits per heavy atom. The number of hydrogen-bond donors (Lipinski definition) is 0. The number of nitrogens with zero attached hydrogens (tertiary/aromatic N) is 1. The number of aryl methyl sites for hydroxylation is 1. The lowest BCUT2D eigenvalue weighted by Crippen LogP contribution is -2.11. The van der Waals surface area contributed by atoms with Crippen LogP contribution in [0.25, 0.3) is 0 Å². The third kappa shape index (κ3) is 2.09. The summed E-state index contributed by atoms with van der Waals surface area (Å²) < 4.78 is 4.82. The van der Waals surface area contributed by atoms with Gasteiger partial charge < -0.3 is 4.74 Å². The summed E-state index contributed by atoms with van der Waals surface area (Å²) in [5, 5.41) is 8.96. The smallest absolute Gasteiger partial charge is 0.340 e. The van der Waals surface area contributed by atoms with Crippen molar-refractivity contribution >= 4 is 12.3 Å². The summed E-state index contributed by atoms with van der Waals surface area (Å²) in [6.45, 7) is 3.58. The van der Waals surface area contributed by atoms with Crippen molar-refractivity contribution in [3.05, 3.63) is 34.4 Å². The molecule has 1 aromatic rings. The minimum Gasteiger partial charge on any atom is -0.462 e. The molecule has 0 amide bonds. The van der Waals surface area contributed by atoms with Crippen LogP contribution in [0.15, 0.2) is 12.1 Å². The summed E-state index contributed by atoms with van der Waals surface area (Å²) in [4.78, 5) is 22.4. The second kappa shape index (κ2) is 5.08. The van der Waals surface area contributed by atoms with Gasteiger partial charge in [-0.1, -0.05) is 12.1 Å². The van der Waals surface area contributed by atoms with E-state index in [1.807, 2.05) is 6.07 Å². The van der Waals surface area contributed by atoms with Gasteiger partial charge in [0.25, 0.3) is 0 Å². The first kappa shape index (κ1) is 11.9. The average Bonchev–Trinajstić information content (AvgIpc) is 2.28. The summed E-state index contributed by atoms with van der Waals surface area (Å²) in [6.07, 6.45) is 0.548. The Labute approximate surface area is 93.5 Å². The first-order chi connectivity index (χ1) is 7.65. The van der Waals surface area contributed by atoms with Crippen LogP contribution in [-0.2, 0) is 4.74 Å². The molecule has 0 aliphatic rings. The third-order valence-corrected chi connectivity index (χ3v) is 2.16. The van der Waals surface area contributed by atoms with E-state index in [4.69, 9.17) is 10.00 Å². The highest BCUT2D eigenvalue weighted by molar-refractivity contribution is 6.00. The van der Waals surface area contributed by atoms with Gasteiger partial charge in [0.2, 0.25) is 0 Å². The zero-order chi connectivity index (χ0) is 12.1. The number of aldehydes is 1. The molecule has 4 nitrogen and oxygen atoms in total. The standard InChI is InChI=1S/C12H11NO3/c1-3-16-12(15)11-9(7-14)5-4-8(2)10(11)6-13/h4-5,7H,3H2,1-2H3. The molecular weight excluding hydrogens is 206 g/mol. The van der Waals surface area contributed by atoms with Crippen LogP contribution in [0.5, 0.6) is 0 Å². The Morgan fingerprint density at radius 3 is 2.75 bits per heavy atom. The van der Waals surface area contributed by atoms with Crippen molar-refractivity contribution < 1.29 is 14.3 Å². The number of carbonyl (C=O) groups excluding carboxylic acids is 2. The van der Waals surface area contributed by atoms with Crippen LogP contribution >= 0.6 is 0 Å². The van der Waals surface area contributed by atoms with E-state index in [-0.39, 0.29) is 23.3 Å². The molecule has 0 aliphatic heterocycles. The largest absolute Gasteiger partial charge is 0.462 e. The number of benzene rings is 1.